The molecule has 236 valence electrons. The third kappa shape index (κ3) is 7.81. The van der Waals surface area contributed by atoms with Crippen LogP contribution in [0.2, 0.25) is 36.3 Å². The lowest BCUT2D eigenvalue weighted by molar-refractivity contribution is 0.0893. The van der Waals surface area contributed by atoms with Gasteiger partial charge in [-0.3, -0.25) is 0 Å². The average molecular weight is 601 g/mol. The minimum Gasteiger partial charge on any atom is -0.432 e. The monoisotopic (exact) mass is 600 g/mol. The van der Waals surface area contributed by atoms with E-state index in [1.54, 1.807) is 5.57 Å². The molecule has 1 N–H and O–H groups in total. The molecule has 0 spiro atoms. The standard InChI is InChI=1S/C37H68O2Si2/c1-26(2)22-27(3)32-19-20-33-30(16-15-21-37(32,33)10)18-17-29-23-31(25-36(8,9)40(11,12)38)28(4)34(24-29)39-41(13,14)35(5,6)7/h17-18,26-27,31-34,38H,4,15-16,19-25H2,1-3,5-14H3/b29-17+,30-18+/t27-,31-,32?,33?,34+,37+/m0/s1. The van der Waals surface area contributed by atoms with Crippen LogP contribution in [0.4, 0.5) is 0 Å². The minimum absolute atomic E-state index is 0.0697. The van der Waals surface area contributed by atoms with E-state index in [4.69, 9.17) is 4.43 Å². The maximum atomic E-state index is 11.1. The van der Waals surface area contributed by atoms with Crippen LogP contribution in [-0.4, -0.2) is 27.5 Å². The van der Waals surface area contributed by atoms with Crippen molar-refractivity contribution in [2.45, 2.75) is 162 Å². The molecule has 3 fully saturated rings. The molecule has 4 heteroatoms. The lowest BCUT2D eigenvalue weighted by atomic mass is 9.60. The fourth-order valence-corrected chi connectivity index (χ4v) is 10.4. The molecule has 0 saturated heterocycles. The minimum atomic E-state index is -2.32. The summed E-state index contributed by atoms with van der Waals surface area (Å²) in [4.78, 5) is 11.1. The van der Waals surface area contributed by atoms with Crippen LogP contribution in [0.5, 0.6) is 0 Å². The van der Waals surface area contributed by atoms with Crippen molar-refractivity contribution < 1.29 is 9.22 Å². The molecule has 2 nitrogen and oxygen atoms in total. The highest BCUT2D eigenvalue weighted by Crippen LogP contribution is 2.60. The molecule has 0 aromatic carbocycles. The molecule has 2 unspecified atom stereocenters. The van der Waals surface area contributed by atoms with Crippen LogP contribution < -0.4 is 0 Å². The van der Waals surface area contributed by atoms with Crippen LogP contribution in [0.1, 0.15) is 120 Å². The topological polar surface area (TPSA) is 29.5 Å². The molecule has 0 aromatic rings. The second-order valence-electron chi connectivity index (χ2n) is 18.0. The van der Waals surface area contributed by atoms with Crippen molar-refractivity contribution in [1.29, 1.82) is 0 Å². The summed E-state index contributed by atoms with van der Waals surface area (Å²) in [5.74, 6) is 3.59. The highest BCUT2D eigenvalue weighted by molar-refractivity contribution is 6.74. The summed E-state index contributed by atoms with van der Waals surface area (Å²) in [6, 6.07) is 0. The number of hydrogen-bond donors (Lipinski definition) is 1. The van der Waals surface area contributed by atoms with E-state index < -0.39 is 16.6 Å². The van der Waals surface area contributed by atoms with Gasteiger partial charge in [-0.1, -0.05) is 92.2 Å². The fraction of sp³-hybridized carbons (Fsp3) is 0.838. The van der Waals surface area contributed by atoms with Crippen LogP contribution in [0.25, 0.3) is 0 Å². The van der Waals surface area contributed by atoms with Gasteiger partial charge in [-0.25, -0.2) is 0 Å². The molecular weight excluding hydrogens is 533 g/mol. The van der Waals surface area contributed by atoms with E-state index in [1.165, 1.54) is 49.7 Å². The molecule has 41 heavy (non-hydrogen) atoms. The Bertz CT molecular complexity index is 947. The van der Waals surface area contributed by atoms with Crippen LogP contribution >= 0.6 is 0 Å². The number of fused-ring (bicyclic) bond motifs is 1. The maximum Gasteiger partial charge on any atom is 0.192 e. The third-order valence-electron chi connectivity index (χ3n) is 12.7. The van der Waals surface area contributed by atoms with E-state index in [2.05, 4.69) is 107 Å². The Morgan fingerprint density at radius 2 is 1.66 bits per heavy atom. The Kier molecular flexibility index (Phi) is 10.7. The summed E-state index contributed by atoms with van der Waals surface area (Å²) in [5.41, 5.74) is 4.99. The molecule has 3 aliphatic carbocycles. The Balaban J connectivity index is 1.90. The van der Waals surface area contributed by atoms with Crippen molar-refractivity contribution in [2.24, 2.45) is 35.0 Å². The van der Waals surface area contributed by atoms with E-state index in [9.17, 15) is 4.80 Å². The largest absolute Gasteiger partial charge is 0.432 e. The molecule has 3 aliphatic rings. The Morgan fingerprint density at radius 3 is 2.22 bits per heavy atom. The van der Waals surface area contributed by atoms with Crippen molar-refractivity contribution >= 4 is 16.6 Å². The van der Waals surface area contributed by atoms with Gasteiger partial charge in [0, 0.05) is 0 Å². The first kappa shape index (κ1) is 35.1. The third-order valence-corrected chi connectivity index (χ3v) is 20.7. The van der Waals surface area contributed by atoms with Gasteiger partial charge in [0.15, 0.2) is 16.6 Å². The van der Waals surface area contributed by atoms with Gasteiger partial charge in [-0.2, -0.15) is 0 Å². The fourth-order valence-electron chi connectivity index (χ4n) is 8.36. The first-order valence-corrected chi connectivity index (χ1v) is 22.9. The van der Waals surface area contributed by atoms with Gasteiger partial charge in [0.25, 0.3) is 0 Å². The quantitative estimate of drug-likeness (QED) is 0.211. The van der Waals surface area contributed by atoms with E-state index >= 15 is 0 Å². The molecule has 0 amide bonds. The van der Waals surface area contributed by atoms with Gasteiger partial charge >= 0.3 is 0 Å². The second kappa shape index (κ2) is 12.5. The Hall–Kier alpha value is -0.426. The van der Waals surface area contributed by atoms with Crippen molar-refractivity contribution in [2.75, 3.05) is 0 Å². The van der Waals surface area contributed by atoms with Crippen LogP contribution in [0.15, 0.2) is 35.5 Å². The SMILES string of the molecule is C=C1[C@H](CC(C)(C)[Si](C)(C)O)C/C(=C\C=C2/CCC[C@@]3(C)C2CCC3[C@@H](C)CC(C)C)C[C@H]1O[Si](C)(C)C(C)(C)C. The highest BCUT2D eigenvalue weighted by Gasteiger charge is 2.51. The van der Waals surface area contributed by atoms with E-state index in [0.29, 0.717) is 11.3 Å². The average Bonchev–Trinajstić information content (AvgIpc) is 3.15. The van der Waals surface area contributed by atoms with Gasteiger partial charge in [-0.15, -0.1) is 0 Å². The molecule has 3 rings (SSSR count). The zero-order valence-corrected chi connectivity index (χ0v) is 31.5. The maximum absolute atomic E-state index is 11.1. The predicted octanol–water partition coefficient (Wildman–Crippen LogP) is 11.5. The van der Waals surface area contributed by atoms with Crippen molar-refractivity contribution in [3.05, 3.63) is 35.5 Å². The highest BCUT2D eigenvalue weighted by atomic mass is 28.4. The Labute approximate surface area is 258 Å². The van der Waals surface area contributed by atoms with Crippen LogP contribution in [0, 0.1) is 35.0 Å². The molecule has 3 saturated carbocycles. The van der Waals surface area contributed by atoms with Gasteiger partial charge < -0.3 is 9.22 Å². The zero-order valence-electron chi connectivity index (χ0n) is 29.5. The van der Waals surface area contributed by atoms with Gasteiger partial charge in [0.2, 0.25) is 0 Å². The summed E-state index contributed by atoms with van der Waals surface area (Å²) in [5, 5.41) is 0.101. The van der Waals surface area contributed by atoms with Gasteiger partial charge in [-0.05, 0) is 135 Å². The first-order chi connectivity index (χ1) is 18.6. The summed E-state index contributed by atoms with van der Waals surface area (Å²) in [7, 11) is -4.26. The second-order valence-corrected chi connectivity index (χ2v) is 27.2. The van der Waals surface area contributed by atoms with Crippen molar-refractivity contribution in [3.63, 3.8) is 0 Å². The van der Waals surface area contributed by atoms with Gasteiger partial charge in [0.1, 0.15) is 0 Å². The molecule has 0 radical (unpaired) electrons. The molecule has 0 aliphatic heterocycles. The smallest absolute Gasteiger partial charge is 0.192 e. The number of hydrogen-bond acceptors (Lipinski definition) is 2. The molecular formula is C37H68O2Si2. The predicted molar refractivity (Wildman–Crippen MR) is 185 cm³/mol. The number of allylic oxidation sites excluding steroid dienone is 3. The summed E-state index contributed by atoms with van der Waals surface area (Å²) >= 11 is 0. The number of rotatable bonds is 9. The van der Waals surface area contributed by atoms with Crippen molar-refractivity contribution in [1.82, 2.24) is 0 Å². The zero-order chi connectivity index (χ0) is 31.2. The Morgan fingerprint density at radius 1 is 1.02 bits per heavy atom. The molecule has 6 atom stereocenters. The van der Waals surface area contributed by atoms with Crippen LogP contribution in [0.3, 0.4) is 0 Å². The van der Waals surface area contributed by atoms with E-state index in [1.807, 2.05) is 0 Å². The van der Waals surface area contributed by atoms with E-state index in [0.717, 1.165) is 42.9 Å². The molecule has 0 bridgehead atoms. The van der Waals surface area contributed by atoms with E-state index in [-0.39, 0.29) is 16.2 Å². The lowest BCUT2D eigenvalue weighted by Gasteiger charge is -2.45. The van der Waals surface area contributed by atoms with Crippen LogP contribution in [-0.2, 0) is 4.43 Å². The van der Waals surface area contributed by atoms with Crippen molar-refractivity contribution in [3.8, 4) is 0 Å². The molecule has 0 aromatic heterocycles. The summed E-state index contributed by atoms with van der Waals surface area (Å²) in [6.07, 6.45) is 16.3. The summed E-state index contributed by atoms with van der Waals surface area (Å²) < 4.78 is 7.09. The normalized spacial score (nSPS) is 33.1. The lowest BCUT2D eigenvalue weighted by Crippen LogP contribution is -2.46. The molecule has 0 heterocycles. The van der Waals surface area contributed by atoms with Gasteiger partial charge in [0.05, 0.1) is 6.10 Å². The summed E-state index contributed by atoms with van der Waals surface area (Å²) in [6.45, 7) is 35.1. The first-order valence-electron chi connectivity index (χ1n) is 17.1.